The number of non-ortho nitro benzene ring substituents is 1. The van der Waals surface area contributed by atoms with Crippen LogP contribution in [0.4, 0.5) is 18.9 Å². The maximum Gasteiger partial charge on any atom is 0.434 e. The monoisotopic (exact) mass is 437 g/mol. The minimum absolute atomic E-state index is 0.0628. The van der Waals surface area contributed by atoms with Crippen molar-refractivity contribution in [2.75, 3.05) is 0 Å². The van der Waals surface area contributed by atoms with Crippen LogP contribution in [0, 0.1) is 10.1 Å². The molecule has 0 aliphatic carbocycles. The summed E-state index contributed by atoms with van der Waals surface area (Å²) in [7, 11) is 0. The molecule has 4 rings (SSSR count). The van der Waals surface area contributed by atoms with E-state index in [4.69, 9.17) is 0 Å². The highest BCUT2D eigenvalue weighted by atomic mass is 19.4. The van der Waals surface area contributed by atoms with E-state index < -0.39 is 28.1 Å². The highest BCUT2D eigenvalue weighted by Crippen LogP contribution is 2.39. The number of rotatable bonds is 5. The minimum Gasteiger partial charge on any atom is -0.288 e. The van der Waals surface area contributed by atoms with Crippen LogP contribution in [-0.2, 0) is 6.18 Å². The van der Waals surface area contributed by atoms with E-state index in [1.807, 2.05) is 0 Å². The lowest BCUT2D eigenvalue weighted by Crippen LogP contribution is -2.18. The number of carbonyl (C=O) groups excluding carboxylic acids is 1. The molecule has 0 unspecified atom stereocenters. The number of carbonyl (C=O) groups is 1. The Kier molecular flexibility index (Phi) is 5.31. The van der Waals surface area contributed by atoms with Gasteiger partial charge in [-0.25, -0.2) is 4.68 Å². The summed E-state index contributed by atoms with van der Waals surface area (Å²) in [5.74, 6) is -0.829. The zero-order chi connectivity index (χ0) is 22.9. The molecular weight excluding hydrogens is 423 g/mol. The number of nitro groups is 1. The normalized spacial score (nSPS) is 11.3. The van der Waals surface area contributed by atoms with Gasteiger partial charge in [0.15, 0.2) is 11.5 Å². The van der Waals surface area contributed by atoms with Crippen molar-refractivity contribution in [1.82, 2.24) is 9.78 Å². The lowest BCUT2D eigenvalue weighted by Gasteiger charge is -2.12. The second kappa shape index (κ2) is 8.10. The molecule has 0 N–H and O–H groups in total. The van der Waals surface area contributed by atoms with Crippen LogP contribution < -0.4 is 0 Å². The van der Waals surface area contributed by atoms with Crippen LogP contribution >= 0.6 is 0 Å². The summed E-state index contributed by atoms with van der Waals surface area (Å²) >= 11 is 0. The fraction of sp³-hybridized carbons (Fsp3) is 0.0435. The zero-order valence-corrected chi connectivity index (χ0v) is 16.3. The molecule has 0 bridgehead atoms. The number of nitro benzene ring substituents is 1. The van der Waals surface area contributed by atoms with Crippen molar-refractivity contribution in [3.05, 3.63) is 112 Å². The number of aromatic nitrogens is 2. The smallest absolute Gasteiger partial charge is 0.288 e. The van der Waals surface area contributed by atoms with E-state index in [1.54, 1.807) is 48.5 Å². The third kappa shape index (κ3) is 3.87. The Hall–Kier alpha value is -4.27. The number of nitrogens with zero attached hydrogens (tertiary/aromatic N) is 3. The molecule has 3 aromatic carbocycles. The predicted octanol–water partition coefficient (Wildman–Crippen LogP) is 5.70. The quantitative estimate of drug-likeness (QED) is 0.228. The van der Waals surface area contributed by atoms with Crippen molar-refractivity contribution in [3.8, 4) is 16.9 Å². The van der Waals surface area contributed by atoms with Crippen molar-refractivity contribution in [2.45, 2.75) is 6.18 Å². The molecule has 1 aromatic heterocycles. The molecule has 32 heavy (non-hydrogen) atoms. The Morgan fingerprint density at radius 2 is 1.44 bits per heavy atom. The lowest BCUT2D eigenvalue weighted by molar-refractivity contribution is -0.384. The molecule has 0 fully saturated rings. The van der Waals surface area contributed by atoms with E-state index in [0.717, 1.165) is 24.3 Å². The summed E-state index contributed by atoms with van der Waals surface area (Å²) in [6.07, 6.45) is -4.93. The van der Waals surface area contributed by atoms with Gasteiger partial charge in [-0.15, -0.1) is 0 Å². The number of benzene rings is 3. The Balaban J connectivity index is 2.02. The van der Waals surface area contributed by atoms with E-state index >= 15 is 0 Å². The van der Waals surface area contributed by atoms with Gasteiger partial charge in [-0.05, 0) is 12.1 Å². The summed E-state index contributed by atoms with van der Waals surface area (Å²) in [5, 5.41) is 15.1. The molecule has 0 saturated heterocycles. The molecule has 9 heteroatoms. The van der Waals surface area contributed by atoms with Gasteiger partial charge in [0, 0.05) is 23.3 Å². The van der Waals surface area contributed by atoms with Crippen molar-refractivity contribution in [3.63, 3.8) is 0 Å². The van der Waals surface area contributed by atoms with Crippen molar-refractivity contribution in [2.24, 2.45) is 0 Å². The van der Waals surface area contributed by atoms with Gasteiger partial charge in [0.2, 0.25) is 0 Å². The molecular formula is C23H14F3N3O3. The molecule has 1 heterocycles. The second-order valence-electron chi connectivity index (χ2n) is 6.82. The highest BCUT2D eigenvalue weighted by molar-refractivity contribution is 6.13. The maximum atomic E-state index is 14.3. The highest BCUT2D eigenvalue weighted by Gasteiger charge is 2.43. The predicted molar refractivity (Wildman–Crippen MR) is 111 cm³/mol. The van der Waals surface area contributed by atoms with Gasteiger partial charge in [-0.2, -0.15) is 18.3 Å². The molecule has 0 atom stereocenters. The number of hydrogen-bond acceptors (Lipinski definition) is 4. The molecule has 0 aliphatic rings. The fourth-order valence-corrected chi connectivity index (χ4v) is 3.33. The van der Waals surface area contributed by atoms with Gasteiger partial charge in [0.05, 0.1) is 16.2 Å². The number of ketones is 1. The van der Waals surface area contributed by atoms with E-state index in [1.165, 1.54) is 12.1 Å². The van der Waals surface area contributed by atoms with Crippen LogP contribution in [0.2, 0.25) is 0 Å². The lowest BCUT2D eigenvalue weighted by atomic mass is 9.97. The number of halogens is 3. The summed E-state index contributed by atoms with van der Waals surface area (Å²) < 4.78 is 43.5. The van der Waals surface area contributed by atoms with Crippen LogP contribution in [0.3, 0.4) is 0 Å². The molecule has 0 spiro atoms. The maximum absolute atomic E-state index is 14.3. The third-order valence-electron chi connectivity index (χ3n) is 4.77. The van der Waals surface area contributed by atoms with Crippen LogP contribution in [0.15, 0.2) is 84.9 Å². The van der Waals surface area contributed by atoms with Gasteiger partial charge < -0.3 is 0 Å². The fourth-order valence-electron chi connectivity index (χ4n) is 3.33. The van der Waals surface area contributed by atoms with Gasteiger partial charge in [0.1, 0.15) is 5.69 Å². The topological polar surface area (TPSA) is 78.0 Å². The van der Waals surface area contributed by atoms with Crippen LogP contribution in [0.25, 0.3) is 16.9 Å². The summed E-state index contributed by atoms with van der Waals surface area (Å²) in [5.41, 5.74) is -1.90. The van der Waals surface area contributed by atoms with Gasteiger partial charge >= 0.3 is 6.18 Å². The molecule has 0 amide bonds. The molecule has 0 aliphatic heterocycles. The van der Waals surface area contributed by atoms with Crippen molar-refractivity contribution >= 4 is 11.5 Å². The minimum atomic E-state index is -4.93. The van der Waals surface area contributed by atoms with Gasteiger partial charge in [-0.1, -0.05) is 60.7 Å². The molecule has 160 valence electrons. The third-order valence-corrected chi connectivity index (χ3v) is 4.77. The van der Waals surface area contributed by atoms with Crippen molar-refractivity contribution < 1.29 is 22.9 Å². The van der Waals surface area contributed by atoms with Crippen LogP contribution in [0.1, 0.15) is 21.6 Å². The first-order chi connectivity index (χ1) is 15.3. The first kappa shape index (κ1) is 21.0. The number of hydrogen-bond donors (Lipinski definition) is 0. The second-order valence-corrected chi connectivity index (χ2v) is 6.82. The standard InChI is InChI=1S/C23H14F3N3O3/c24-23(25,26)22-19(21(30)16-9-5-2-6-10-16)20(15-7-3-1-4-8-15)27-28(22)17-11-13-18(14-12-17)29(31)32/h1-14H. The molecule has 4 aromatic rings. The summed E-state index contributed by atoms with van der Waals surface area (Å²) in [6.45, 7) is 0. The van der Waals surface area contributed by atoms with Crippen LogP contribution in [0.5, 0.6) is 0 Å². The van der Waals surface area contributed by atoms with E-state index in [2.05, 4.69) is 5.10 Å². The Morgan fingerprint density at radius 1 is 0.875 bits per heavy atom. The first-order valence-electron chi connectivity index (χ1n) is 9.37. The van der Waals surface area contributed by atoms with E-state index in [0.29, 0.717) is 10.2 Å². The molecule has 0 saturated carbocycles. The summed E-state index contributed by atoms with van der Waals surface area (Å²) in [4.78, 5) is 23.5. The number of alkyl halides is 3. The average molecular weight is 437 g/mol. The zero-order valence-electron chi connectivity index (χ0n) is 16.3. The van der Waals surface area contributed by atoms with Gasteiger partial charge in [-0.3, -0.25) is 14.9 Å². The van der Waals surface area contributed by atoms with E-state index in [-0.39, 0.29) is 22.6 Å². The SMILES string of the molecule is O=C(c1ccccc1)c1c(-c2ccccc2)nn(-c2ccc([N+](=O)[O-])cc2)c1C(F)(F)F. The van der Waals surface area contributed by atoms with Crippen LogP contribution in [-0.4, -0.2) is 20.5 Å². The Labute approximate surface area is 179 Å². The Bertz CT molecular complexity index is 1280. The molecule has 6 nitrogen and oxygen atoms in total. The average Bonchev–Trinajstić information content (AvgIpc) is 3.21. The first-order valence-corrected chi connectivity index (χ1v) is 9.37. The van der Waals surface area contributed by atoms with Gasteiger partial charge in [0.25, 0.3) is 5.69 Å². The summed E-state index contributed by atoms with van der Waals surface area (Å²) in [6, 6.07) is 20.2. The van der Waals surface area contributed by atoms with E-state index in [9.17, 15) is 28.1 Å². The van der Waals surface area contributed by atoms with Crippen molar-refractivity contribution in [1.29, 1.82) is 0 Å². The largest absolute Gasteiger partial charge is 0.434 e. The molecule has 0 radical (unpaired) electrons. The Morgan fingerprint density at radius 3 is 1.97 bits per heavy atom.